The fourth-order valence-electron chi connectivity index (χ4n) is 4.98. The van der Waals surface area contributed by atoms with Gasteiger partial charge in [-0.1, -0.05) is 77.0 Å². The van der Waals surface area contributed by atoms with Gasteiger partial charge in [0.2, 0.25) is 0 Å². The van der Waals surface area contributed by atoms with E-state index < -0.39 is 12.0 Å². The van der Waals surface area contributed by atoms with E-state index in [1.54, 1.807) is 7.11 Å². The van der Waals surface area contributed by atoms with Gasteiger partial charge in [0.25, 0.3) is 0 Å². The number of methoxy groups -OCH3 is 1. The van der Waals surface area contributed by atoms with Crippen molar-refractivity contribution in [1.29, 1.82) is 0 Å². The fourth-order valence-corrected chi connectivity index (χ4v) is 14.0. The van der Waals surface area contributed by atoms with E-state index >= 15 is 0 Å². The molecule has 0 amide bonds. The Bertz CT molecular complexity index is 603. The third kappa shape index (κ3) is 38.6. The summed E-state index contributed by atoms with van der Waals surface area (Å²) in [5, 5.41) is 0. The lowest BCUT2D eigenvalue weighted by Gasteiger charge is -2.24. The average molecular weight is 798 g/mol. The van der Waals surface area contributed by atoms with Crippen molar-refractivity contribution in [2.45, 2.75) is 140 Å². The molecule has 0 rings (SSSR count). The van der Waals surface area contributed by atoms with Crippen LogP contribution in [0.1, 0.15) is 128 Å². The highest BCUT2D eigenvalue weighted by Gasteiger charge is 2.42. The number of unbranched alkanes of at least 4 members (excludes halogenated alkanes) is 15. The summed E-state index contributed by atoms with van der Waals surface area (Å²) in [4.78, 5) is 0. The minimum Gasteiger partial charge on any atom is -0.382 e. The summed E-state index contributed by atoms with van der Waals surface area (Å²) >= 11 is 36.8. The van der Waals surface area contributed by atoms with Crippen LogP contribution in [-0.2, 0) is 23.7 Å². The lowest BCUT2D eigenvalue weighted by Crippen LogP contribution is -2.25. The highest BCUT2D eigenvalue weighted by Crippen LogP contribution is 2.45. The first-order chi connectivity index (χ1) is 21.7. The average Bonchev–Trinajstić information content (AvgIpc) is 2.98. The van der Waals surface area contributed by atoms with Gasteiger partial charge in [0.15, 0.2) is 0 Å². The lowest BCUT2D eigenvalue weighted by molar-refractivity contribution is 0.0680. The van der Waals surface area contributed by atoms with Gasteiger partial charge in [0, 0.05) is 53.4 Å². The van der Waals surface area contributed by atoms with E-state index in [1.807, 2.05) is 0 Å². The molecule has 0 heterocycles. The molecule has 0 aliphatic rings. The number of hydrogen-bond acceptors (Lipinski definition) is 5. The van der Waals surface area contributed by atoms with Crippen molar-refractivity contribution in [3.05, 3.63) is 0 Å². The Morgan fingerprint density at radius 1 is 0.378 bits per heavy atom. The van der Waals surface area contributed by atoms with E-state index in [9.17, 15) is 0 Å². The van der Waals surface area contributed by atoms with Gasteiger partial charge >= 0.3 is 12.0 Å². The topological polar surface area (TPSA) is 46.2 Å². The Morgan fingerprint density at radius 3 is 0.956 bits per heavy atom. The SMILES string of the molecule is COCCOCCCCCCOCCCCCCOCCCCCCOCCCCCCCCCC(C[Si](Cl)(Cl)Cl)[Si](Cl)(Cl)Cl. The van der Waals surface area contributed by atoms with Gasteiger partial charge in [0.05, 0.1) is 13.2 Å². The minimum atomic E-state index is -2.85. The second kappa shape index (κ2) is 34.4. The van der Waals surface area contributed by atoms with E-state index in [0.29, 0.717) is 19.3 Å². The van der Waals surface area contributed by atoms with Gasteiger partial charge in [-0.25, -0.2) is 0 Å². The molecule has 0 aromatic heterocycles. The molecule has 0 bridgehead atoms. The molecule has 0 N–H and O–H groups in total. The Kier molecular flexibility index (Phi) is 35.9. The van der Waals surface area contributed by atoms with E-state index in [0.717, 1.165) is 110 Å². The molecule has 0 radical (unpaired) electrons. The lowest BCUT2D eigenvalue weighted by atomic mass is 10.1. The molecule has 272 valence electrons. The molecule has 13 heteroatoms. The largest absolute Gasteiger partial charge is 0.382 e. The van der Waals surface area contributed by atoms with Crippen molar-refractivity contribution in [3.8, 4) is 0 Å². The standard InChI is InChI=1S/C32H64Cl6O5Si2/c1-39-29-30-43-28-20-12-11-19-27-42-26-18-10-9-17-25-41-24-16-8-7-15-23-40-22-14-6-4-2-3-5-13-21-32(45(36,37)38)31-44(33,34)35/h32H,2-31H2,1H3. The van der Waals surface area contributed by atoms with Gasteiger partial charge in [-0.15, -0.1) is 66.5 Å². The molecular weight excluding hydrogens is 733 g/mol. The van der Waals surface area contributed by atoms with Gasteiger partial charge in [-0.2, -0.15) is 0 Å². The number of hydrogen-bond donors (Lipinski definition) is 0. The predicted molar refractivity (Wildman–Crippen MR) is 203 cm³/mol. The third-order valence-electron chi connectivity index (χ3n) is 7.70. The van der Waals surface area contributed by atoms with Crippen LogP contribution in [-0.4, -0.2) is 78.6 Å². The summed E-state index contributed by atoms with van der Waals surface area (Å²) < 4.78 is 27.8. The summed E-state index contributed by atoms with van der Waals surface area (Å²) in [5.41, 5.74) is -0.0572. The number of ether oxygens (including phenoxy) is 5. The molecule has 0 aromatic carbocycles. The molecule has 1 unspecified atom stereocenters. The molecule has 0 aromatic rings. The van der Waals surface area contributed by atoms with Gasteiger partial charge in [-0.05, 0) is 63.0 Å². The van der Waals surface area contributed by atoms with Crippen LogP contribution in [0, 0.1) is 0 Å². The summed E-state index contributed by atoms with van der Waals surface area (Å²) in [5.74, 6) is 0. The van der Waals surface area contributed by atoms with Crippen LogP contribution in [0.3, 0.4) is 0 Å². The van der Waals surface area contributed by atoms with Crippen LogP contribution in [0.15, 0.2) is 0 Å². The molecule has 0 aliphatic heterocycles. The highest BCUT2D eigenvalue weighted by molar-refractivity contribution is 7.67. The zero-order valence-corrected chi connectivity index (χ0v) is 34.6. The first-order valence-electron chi connectivity index (χ1n) is 17.6. The number of halogens is 6. The van der Waals surface area contributed by atoms with Gasteiger partial charge < -0.3 is 23.7 Å². The van der Waals surface area contributed by atoms with Gasteiger partial charge in [-0.3, -0.25) is 0 Å². The molecule has 1 atom stereocenters. The summed E-state index contributed by atoms with van der Waals surface area (Å²) in [6.45, 7) is 7.51. The molecule has 5 nitrogen and oxygen atoms in total. The maximum absolute atomic E-state index is 6.22. The summed E-state index contributed by atoms with van der Waals surface area (Å²) in [6.07, 6.45) is 23.3. The van der Waals surface area contributed by atoms with Crippen molar-refractivity contribution in [2.75, 3.05) is 66.6 Å². The third-order valence-corrected chi connectivity index (χ3v) is 14.6. The van der Waals surface area contributed by atoms with Crippen LogP contribution in [0.2, 0.25) is 11.6 Å². The van der Waals surface area contributed by atoms with Crippen LogP contribution in [0.25, 0.3) is 0 Å². The molecule has 0 saturated carbocycles. The van der Waals surface area contributed by atoms with Crippen molar-refractivity contribution in [3.63, 3.8) is 0 Å². The van der Waals surface area contributed by atoms with Crippen LogP contribution in [0.4, 0.5) is 0 Å². The number of rotatable bonds is 37. The maximum Gasteiger partial charge on any atom is 0.344 e. The molecular formula is C32H64Cl6O5Si2. The first kappa shape index (κ1) is 47.0. The Morgan fingerprint density at radius 2 is 0.667 bits per heavy atom. The second-order valence-corrected chi connectivity index (χ2v) is 30.2. The van der Waals surface area contributed by atoms with Crippen LogP contribution in [0.5, 0.6) is 0 Å². The van der Waals surface area contributed by atoms with E-state index in [2.05, 4.69) is 0 Å². The molecule has 0 fully saturated rings. The first-order valence-corrected chi connectivity index (χ1v) is 28.0. The van der Waals surface area contributed by atoms with Crippen LogP contribution >= 0.6 is 66.5 Å². The zero-order chi connectivity index (χ0) is 33.3. The summed E-state index contributed by atoms with van der Waals surface area (Å²) in [6, 6.07) is -5.18. The summed E-state index contributed by atoms with van der Waals surface area (Å²) in [7, 11) is 1.70. The monoisotopic (exact) mass is 794 g/mol. The zero-order valence-electron chi connectivity index (χ0n) is 28.1. The van der Waals surface area contributed by atoms with Crippen molar-refractivity contribution < 1.29 is 23.7 Å². The Hall–Kier alpha value is 1.97. The Balaban J connectivity index is 3.22. The van der Waals surface area contributed by atoms with Crippen LogP contribution < -0.4 is 0 Å². The fraction of sp³-hybridized carbons (Fsp3) is 1.00. The van der Waals surface area contributed by atoms with E-state index in [1.165, 1.54) is 64.2 Å². The van der Waals surface area contributed by atoms with E-state index in [-0.39, 0.29) is 5.54 Å². The normalized spacial score (nSPS) is 13.1. The molecule has 0 aliphatic carbocycles. The van der Waals surface area contributed by atoms with Crippen molar-refractivity contribution >= 4 is 78.5 Å². The van der Waals surface area contributed by atoms with E-state index in [4.69, 9.17) is 90.2 Å². The van der Waals surface area contributed by atoms with Crippen molar-refractivity contribution in [2.24, 2.45) is 0 Å². The maximum atomic E-state index is 6.22. The molecule has 45 heavy (non-hydrogen) atoms. The second-order valence-electron chi connectivity index (χ2n) is 12.0. The Labute approximate surface area is 306 Å². The highest BCUT2D eigenvalue weighted by atomic mass is 35.8. The molecule has 0 saturated heterocycles. The predicted octanol–water partition coefficient (Wildman–Crippen LogP) is 12.2. The van der Waals surface area contributed by atoms with Crippen molar-refractivity contribution in [1.82, 2.24) is 0 Å². The van der Waals surface area contributed by atoms with Gasteiger partial charge in [0.1, 0.15) is 0 Å². The minimum absolute atomic E-state index is 0.0572. The quantitative estimate of drug-likeness (QED) is 0.0356. The molecule has 0 spiro atoms. The smallest absolute Gasteiger partial charge is 0.344 e.